The number of rotatable bonds is 5. The summed E-state index contributed by atoms with van der Waals surface area (Å²) in [5.41, 5.74) is 4.72. The topological polar surface area (TPSA) is 71.2 Å². The van der Waals surface area contributed by atoms with Crippen molar-refractivity contribution in [3.63, 3.8) is 0 Å². The van der Waals surface area contributed by atoms with Crippen molar-refractivity contribution in [2.24, 2.45) is 5.84 Å². The SMILES string of the molecule is CN(Cc1csc(Br)c1)Cc1ccc(C(=O)NN)cn1. The predicted octanol–water partition coefficient (Wildman–Crippen LogP) is 2.14. The Morgan fingerprint density at radius 3 is 2.85 bits per heavy atom. The summed E-state index contributed by atoms with van der Waals surface area (Å²) in [5, 5.41) is 2.13. The number of nitrogen functional groups attached to an aromatic ring is 1. The van der Waals surface area contributed by atoms with Crippen LogP contribution in [0, 0.1) is 0 Å². The molecule has 0 aromatic carbocycles. The van der Waals surface area contributed by atoms with Crippen LogP contribution in [0.2, 0.25) is 0 Å². The minimum atomic E-state index is -0.333. The smallest absolute Gasteiger partial charge is 0.266 e. The van der Waals surface area contributed by atoms with Crippen LogP contribution in [-0.2, 0) is 13.1 Å². The van der Waals surface area contributed by atoms with Crippen LogP contribution in [0.3, 0.4) is 0 Å². The van der Waals surface area contributed by atoms with Gasteiger partial charge in [0.2, 0.25) is 0 Å². The minimum Gasteiger partial charge on any atom is -0.296 e. The van der Waals surface area contributed by atoms with Gasteiger partial charge in [0.25, 0.3) is 5.91 Å². The highest BCUT2D eigenvalue weighted by Gasteiger charge is 2.07. The van der Waals surface area contributed by atoms with E-state index >= 15 is 0 Å². The highest BCUT2D eigenvalue weighted by atomic mass is 79.9. The Morgan fingerprint density at radius 1 is 1.50 bits per heavy atom. The molecule has 1 amide bonds. The highest BCUT2D eigenvalue weighted by Crippen LogP contribution is 2.21. The lowest BCUT2D eigenvalue weighted by atomic mass is 10.2. The molecule has 106 valence electrons. The van der Waals surface area contributed by atoms with E-state index in [0.29, 0.717) is 5.56 Å². The van der Waals surface area contributed by atoms with Crippen LogP contribution in [0.25, 0.3) is 0 Å². The lowest BCUT2D eigenvalue weighted by Crippen LogP contribution is -2.30. The molecule has 0 aliphatic carbocycles. The average molecular weight is 355 g/mol. The molecule has 0 saturated carbocycles. The van der Waals surface area contributed by atoms with Gasteiger partial charge < -0.3 is 0 Å². The molecule has 0 aliphatic rings. The summed E-state index contributed by atoms with van der Waals surface area (Å²) in [4.78, 5) is 17.7. The zero-order chi connectivity index (χ0) is 14.5. The first-order valence-corrected chi connectivity index (χ1v) is 7.63. The van der Waals surface area contributed by atoms with Crippen LogP contribution < -0.4 is 11.3 Å². The molecule has 0 radical (unpaired) electrons. The van der Waals surface area contributed by atoms with E-state index in [2.05, 4.69) is 42.7 Å². The summed E-state index contributed by atoms with van der Waals surface area (Å²) >= 11 is 5.14. The monoisotopic (exact) mass is 354 g/mol. The second-order valence-electron chi connectivity index (χ2n) is 4.44. The lowest BCUT2D eigenvalue weighted by molar-refractivity contribution is 0.0953. The van der Waals surface area contributed by atoms with Crippen molar-refractivity contribution in [2.75, 3.05) is 7.05 Å². The number of nitrogens with zero attached hydrogens (tertiary/aromatic N) is 2. The van der Waals surface area contributed by atoms with Gasteiger partial charge in [0.1, 0.15) is 0 Å². The van der Waals surface area contributed by atoms with Gasteiger partial charge in [0, 0.05) is 19.3 Å². The molecule has 0 saturated heterocycles. The third-order valence-corrected chi connectivity index (χ3v) is 4.28. The van der Waals surface area contributed by atoms with Crippen LogP contribution in [0.4, 0.5) is 0 Å². The maximum Gasteiger partial charge on any atom is 0.266 e. The third kappa shape index (κ3) is 4.11. The van der Waals surface area contributed by atoms with Gasteiger partial charge in [-0.3, -0.25) is 20.1 Å². The maximum atomic E-state index is 11.3. The molecule has 0 bridgehead atoms. The summed E-state index contributed by atoms with van der Waals surface area (Å²) in [6, 6.07) is 5.67. The van der Waals surface area contributed by atoms with E-state index in [-0.39, 0.29) is 5.91 Å². The molecule has 2 heterocycles. The molecule has 0 unspecified atom stereocenters. The first-order chi connectivity index (χ1) is 9.58. The fourth-order valence-corrected chi connectivity index (χ4v) is 3.01. The minimum absolute atomic E-state index is 0.333. The number of pyridine rings is 1. The second-order valence-corrected chi connectivity index (χ2v) is 6.73. The fourth-order valence-electron chi connectivity index (χ4n) is 1.81. The zero-order valence-corrected chi connectivity index (χ0v) is 13.4. The van der Waals surface area contributed by atoms with E-state index in [1.165, 1.54) is 11.8 Å². The molecule has 7 heteroatoms. The molecule has 0 aliphatic heterocycles. The Kier molecular flexibility index (Phi) is 5.24. The number of hydrogen-bond donors (Lipinski definition) is 2. The summed E-state index contributed by atoms with van der Waals surface area (Å²) in [5.74, 6) is 4.74. The summed E-state index contributed by atoms with van der Waals surface area (Å²) in [6.07, 6.45) is 1.53. The molecule has 3 N–H and O–H groups in total. The predicted molar refractivity (Wildman–Crippen MR) is 83.1 cm³/mol. The summed E-state index contributed by atoms with van der Waals surface area (Å²) in [7, 11) is 2.04. The normalized spacial score (nSPS) is 10.8. The Balaban J connectivity index is 1.94. The summed E-state index contributed by atoms with van der Waals surface area (Å²) in [6.45, 7) is 1.58. The van der Waals surface area contributed by atoms with Gasteiger partial charge in [-0.2, -0.15) is 0 Å². The molecule has 2 aromatic heterocycles. The van der Waals surface area contributed by atoms with Gasteiger partial charge >= 0.3 is 0 Å². The Bertz CT molecular complexity index is 584. The van der Waals surface area contributed by atoms with E-state index in [9.17, 15) is 4.79 Å². The molecule has 0 spiro atoms. The van der Waals surface area contributed by atoms with Crippen molar-refractivity contribution in [1.82, 2.24) is 15.3 Å². The number of aromatic nitrogens is 1. The van der Waals surface area contributed by atoms with Gasteiger partial charge in [-0.05, 0) is 52.1 Å². The summed E-state index contributed by atoms with van der Waals surface area (Å²) < 4.78 is 1.14. The fraction of sp³-hybridized carbons (Fsp3) is 0.231. The number of nitrogens with one attached hydrogen (secondary N) is 1. The van der Waals surface area contributed by atoms with Crippen LogP contribution in [0.1, 0.15) is 21.6 Å². The Hall–Kier alpha value is -1.28. The van der Waals surface area contributed by atoms with Crippen molar-refractivity contribution in [3.8, 4) is 0 Å². The van der Waals surface area contributed by atoms with Gasteiger partial charge in [-0.15, -0.1) is 11.3 Å². The van der Waals surface area contributed by atoms with Crippen molar-refractivity contribution >= 4 is 33.2 Å². The number of amides is 1. The molecular weight excluding hydrogens is 340 g/mol. The van der Waals surface area contributed by atoms with E-state index < -0.39 is 0 Å². The molecule has 20 heavy (non-hydrogen) atoms. The number of halogens is 1. The van der Waals surface area contributed by atoms with E-state index in [4.69, 9.17) is 5.84 Å². The van der Waals surface area contributed by atoms with Gasteiger partial charge in [0.15, 0.2) is 0 Å². The standard InChI is InChI=1S/C13H15BrN4OS/c1-18(6-9-4-12(14)20-8-9)7-11-3-2-10(5-16-11)13(19)17-15/h2-5,8H,6-7,15H2,1H3,(H,17,19). The number of thiophene rings is 1. The maximum absolute atomic E-state index is 11.3. The number of nitrogens with two attached hydrogens (primary N) is 1. The molecule has 2 rings (SSSR count). The van der Waals surface area contributed by atoms with Crippen molar-refractivity contribution in [3.05, 3.63) is 50.4 Å². The first kappa shape index (κ1) is 15.1. The van der Waals surface area contributed by atoms with Crippen molar-refractivity contribution in [1.29, 1.82) is 0 Å². The largest absolute Gasteiger partial charge is 0.296 e. The van der Waals surface area contributed by atoms with Crippen molar-refractivity contribution in [2.45, 2.75) is 13.1 Å². The Labute approximate surface area is 129 Å². The van der Waals surface area contributed by atoms with Crippen LogP contribution in [-0.4, -0.2) is 22.8 Å². The van der Waals surface area contributed by atoms with Gasteiger partial charge in [-0.25, -0.2) is 5.84 Å². The van der Waals surface area contributed by atoms with E-state index in [1.807, 2.05) is 13.1 Å². The lowest BCUT2D eigenvalue weighted by Gasteiger charge is -2.15. The quantitative estimate of drug-likeness (QED) is 0.490. The molecule has 0 fully saturated rings. The number of hydrazine groups is 1. The molecule has 2 aromatic rings. The molecule has 0 atom stereocenters. The second kappa shape index (κ2) is 6.94. The van der Waals surface area contributed by atoms with Crippen LogP contribution >= 0.6 is 27.3 Å². The molecular formula is C13H15BrN4OS. The Morgan fingerprint density at radius 2 is 2.30 bits per heavy atom. The highest BCUT2D eigenvalue weighted by molar-refractivity contribution is 9.11. The van der Waals surface area contributed by atoms with E-state index in [0.717, 1.165) is 22.6 Å². The zero-order valence-electron chi connectivity index (χ0n) is 11.0. The van der Waals surface area contributed by atoms with Gasteiger partial charge in [-0.1, -0.05) is 0 Å². The van der Waals surface area contributed by atoms with E-state index in [1.54, 1.807) is 17.4 Å². The van der Waals surface area contributed by atoms with Crippen molar-refractivity contribution < 1.29 is 4.79 Å². The van der Waals surface area contributed by atoms with Crippen LogP contribution in [0.5, 0.6) is 0 Å². The van der Waals surface area contributed by atoms with Crippen LogP contribution in [0.15, 0.2) is 33.6 Å². The average Bonchev–Trinajstić information content (AvgIpc) is 2.84. The number of carbonyl (C=O) groups is 1. The number of hydrogen-bond acceptors (Lipinski definition) is 5. The van der Waals surface area contributed by atoms with Gasteiger partial charge in [0.05, 0.1) is 15.0 Å². The first-order valence-electron chi connectivity index (χ1n) is 5.96. The molecule has 5 nitrogen and oxygen atoms in total. The number of carbonyl (C=O) groups excluding carboxylic acids is 1. The third-order valence-electron chi connectivity index (χ3n) is 2.72.